The zero-order valence-electron chi connectivity index (χ0n) is 31.3. The van der Waals surface area contributed by atoms with Crippen LogP contribution >= 0.6 is 0 Å². The minimum absolute atomic E-state index is 0.326. The summed E-state index contributed by atoms with van der Waals surface area (Å²) < 4.78 is 4.01. The van der Waals surface area contributed by atoms with Crippen molar-refractivity contribution in [1.29, 1.82) is 15.8 Å². The van der Waals surface area contributed by atoms with Crippen LogP contribution in [0.3, 0.4) is 0 Å². The molecule has 0 radical (unpaired) electrons. The fraction of sp³-hybridized carbons (Fsp3) is 0. The summed E-state index contributed by atoms with van der Waals surface area (Å²) in [5.74, 6) is 1.24. The first kappa shape index (κ1) is 35.0. The van der Waals surface area contributed by atoms with Gasteiger partial charge in [0.1, 0.15) is 6.07 Å². The standard InChI is InChI=1S/C50H24N10/c1-54-35-15-19-44-39(24-35)40-25-36(55-2)16-20-45(40)60(44)47-23-34(29-53)46(59-42-17-13-30(27-51)21-37(42)38-22-31(28-52)14-18-43(38)59)26-41(47)50-57-48(32-9-5-3-6-10-32)56-49(58-50)33-11-7-4-8-12-33/h3-26H. The van der Waals surface area contributed by atoms with Gasteiger partial charge in [-0.05, 0) is 83.6 Å². The molecule has 60 heavy (non-hydrogen) atoms. The third-order valence-electron chi connectivity index (χ3n) is 10.7. The van der Waals surface area contributed by atoms with E-state index in [4.69, 9.17) is 28.1 Å². The predicted molar refractivity (Wildman–Crippen MR) is 231 cm³/mol. The summed E-state index contributed by atoms with van der Waals surface area (Å²) >= 11 is 0. The van der Waals surface area contributed by atoms with Crippen LogP contribution in [-0.4, -0.2) is 24.1 Å². The van der Waals surface area contributed by atoms with Crippen molar-refractivity contribution in [3.05, 3.63) is 185 Å². The molecular formula is C50H24N10. The van der Waals surface area contributed by atoms with E-state index in [9.17, 15) is 15.8 Å². The number of hydrogen-bond acceptors (Lipinski definition) is 6. The van der Waals surface area contributed by atoms with Crippen LogP contribution in [0.4, 0.5) is 11.4 Å². The van der Waals surface area contributed by atoms with E-state index < -0.39 is 0 Å². The Labute approximate surface area is 342 Å². The molecule has 0 spiro atoms. The SMILES string of the molecule is [C-]#[N+]c1ccc2c(c1)c1cc([N+]#[C-])ccc1n2-c1cc(C#N)c(-n2c3ccc(C#N)cc3c3cc(C#N)ccc32)cc1-c1nc(-c2ccccc2)nc(-c2ccccc2)n1. The van der Waals surface area contributed by atoms with Crippen LogP contribution in [0, 0.1) is 47.1 Å². The Kier molecular flexibility index (Phi) is 8.16. The van der Waals surface area contributed by atoms with Crippen molar-refractivity contribution >= 4 is 55.0 Å². The van der Waals surface area contributed by atoms with E-state index in [0.717, 1.165) is 54.7 Å². The summed E-state index contributed by atoms with van der Waals surface area (Å²) in [6.45, 7) is 15.6. The summed E-state index contributed by atoms with van der Waals surface area (Å²) in [7, 11) is 0. The number of nitriles is 3. The van der Waals surface area contributed by atoms with Gasteiger partial charge in [-0.25, -0.2) is 24.6 Å². The normalized spacial score (nSPS) is 10.9. The molecule has 0 saturated carbocycles. The molecule has 0 aliphatic carbocycles. The van der Waals surface area contributed by atoms with Crippen LogP contribution < -0.4 is 0 Å². The topological polar surface area (TPSA) is 129 Å². The highest BCUT2D eigenvalue weighted by Gasteiger charge is 2.25. The highest BCUT2D eigenvalue weighted by Crippen LogP contribution is 2.42. The molecule has 0 saturated heterocycles. The van der Waals surface area contributed by atoms with Gasteiger partial charge in [-0.3, -0.25) is 0 Å². The highest BCUT2D eigenvalue weighted by molar-refractivity contribution is 6.13. The smallest absolute Gasteiger partial charge is 0.188 e. The number of benzene rings is 7. The van der Waals surface area contributed by atoms with Crippen molar-refractivity contribution in [3.8, 4) is 63.7 Å². The van der Waals surface area contributed by atoms with Gasteiger partial charge in [0.25, 0.3) is 0 Å². The van der Waals surface area contributed by atoms with Crippen molar-refractivity contribution in [2.45, 2.75) is 0 Å². The Morgan fingerprint density at radius 3 is 1.32 bits per heavy atom. The molecule has 7 aromatic carbocycles. The number of hydrogen-bond donors (Lipinski definition) is 0. The molecule has 3 aromatic heterocycles. The summed E-state index contributed by atoms with van der Waals surface area (Å²) in [4.78, 5) is 22.7. The zero-order chi connectivity index (χ0) is 40.9. The highest BCUT2D eigenvalue weighted by atomic mass is 15.1. The minimum atomic E-state index is 0.326. The Hall–Kier alpha value is -9.40. The quantitative estimate of drug-likeness (QED) is 0.160. The molecule has 3 heterocycles. The fourth-order valence-corrected chi connectivity index (χ4v) is 7.96. The summed E-state index contributed by atoms with van der Waals surface area (Å²) in [5, 5.41) is 33.9. The first-order chi connectivity index (χ1) is 29.5. The third-order valence-corrected chi connectivity index (χ3v) is 10.7. The average molecular weight is 765 g/mol. The van der Waals surface area contributed by atoms with Crippen LogP contribution in [0.1, 0.15) is 16.7 Å². The Morgan fingerprint density at radius 2 is 0.867 bits per heavy atom. The van der Waals surface area contributed by atoms with Crippen LogP contribution in [0.15, 0.2) is 146 Å². The van der Waals surface area contributed by atoms with Crippen molar-refractivity contribution in [2.24, 2.45) is 0 Å². The Morgan fingerprint density at radius 1 is 0.433 bits per heavy atom. The van der Waals surface area contributed by atoms with Gasteiger partial charge in [-0.2, -0.15) is 15.8 Å². The predicted octanol–water partition coefficient (Wildman–Crippen LogP) is 11.8. The molecule has 274 valence electrons. The average Bonchev–Trinajstić information content (AvgIpc) is 3.82. The second-order valence-electron chi connectivity index (χ2n) is 14.0. The first-order valence-electron chi connectivity index (χ1n) is 18.7. The molecule has 0 unspecified atom stereocenters. The lowest BCUT2D eigenvalue weighted by molar-refractivity contribution is 1.06. The van der Waals surface area contributed by atoms with Crippen molar-refractivity contribution < 1.29 is 0 Å². The molecule has 0 bridgehead atoms. The molecule has 0 fully saturated rings. The molecule has 0 aliphatic heterocycles. The maximum atomic E-state index is 11.1. The van der Waals surface area contributed by atoms with E-state index >= 15 is 0 Å². The molecule has 10 heteroatoms. The number of aromatic nitrogens is 5. The third kappa shape index (κ3) is 5.57. The molecule has 0 aliphatic rings. The Bertz CT molecular complexity index is 3460. The van der Waals surface area contributed by atoms with E-state index in [1.54, 1.807) is 36.4 Å². The van der Waals surface area contributed by atoms with Crippen LogP contribution in [0.2, 0.25) is 0 Å². The van der Waals surface area contributed by atoms with E-state index in [0.29, 0.717) is 62.5 Å². The van der Waals surface area contributed by atoms with E-state index in [2.05, 4.69) is 27.9 Å². The molecule has 0 atom stereocenters. The van der Waals surface area contributed by atoms with Crippen molar-refractivity contribution in [2.75, 3.05) is 0 Å². The summed E-state index contributed by atoms with van der Waals surface area (Å²) in [6, 6.07) is 51.7. The summed E-state index contributed by atoms with van der Waals surface area (Å²) in [5.41, 5.74) is 8.37. The maximum absolute atomic E-state index is 11.1. The zero-order valence-corrected chi connectivity index (χ0v) is 31.3. The molecule has 0 N–H and O–H groups in total. The maximum Gasteiger partial charge on any atom is 0.188 e. The van der Waals surface area contributed by atoms with Gasteiger partial charge in [0, 0.05) is 27.5 Å². The van der Waals surface area contributed by atoms with Gasteiger partial charge < -0.3 is 9.13 Å². The van der Waals surface area contributed by atoms with Crippen molar-refractivity contribution in [1.82, 2.24) is 24.1 Å². The van der Waals surface area contributed by atoms with Crippen LogP contribution in [0.25, 0.3) is 98.8 Å². The second-order valence-corrected chi connectivity index (χ2v) is 14.0. The van der Waals surface area contributed by atoms with E-state index in [-0.39, 0.29) is 0 Å². The number of rotatable bonds is 5. The molecule has 10 aromatic rings. The minimum Gasteiger partial charge on any atom is -0.309 e. The molecule has 10 rings (SSSR count). The number of nitrogens with zero attached hydrogens (tertiary/aromatic N) is 10. The van der Waals surface area contributed by atoms with Gasteiger partial charge in [-0.15, -0.1) is 0 Å². The van der Waals surface area contributed by atoms with Crippen molar-refractivity contribution in [3.63, 3.8) is 0 Å². The van der Waals surface area contributed by atoms with E-state index in [1.807, 2.05) is 118 Å². The van der Waals surface area contributed by atoms with Gasteiger partial charge >= 0.3 is 0 Å². The number of fused-ring (bicyclic) bond motifs is 6. The first-order valence-corrected chi connectivity index (χ1v) is 18.7. The fourth-order valence-electron chi connectivity index (χ4n) is 7.96. The molecule has 0 amide bonds. The van der Waals surface area contributed by atoms with Gasteiger partial charge in [0.05, 0.1) is 75.4 Å². The Balaban J connectivity index is 1.37. The van der Waals surface area contributed by atoms with Gasteiger partial charge in [0.15, 0.2) is 28.8 Å². The van der Waals surface area contributed by atoms with Crippen LogP contribution in [-0.2, 0) is 0 Å². The second kappa shape index (κ2) is 14.0. The largest absolute Gasteiger partial charge is 0.309 e. The van der Waals surface area contributed by atoms with Crippen LogP contribution in [0.5, 0.6) is 0 Å². The van der Waals surface area contributed by atoms with Gasteiger partial charge in [-0.1, -0.05) is 72.8 Å². The molecule has 10 nitrogen and oxygen atoms in total. The molecular weight excluding hydrogens is 741 g/mol. The lowest BCUT2D eigenvalue weighted by Gasteiger charge is -2.18. The van der Waals surface area contributed by atoms with Gasteiger partial charge in [0.2, 0.25) is 0 Å². The summed E-state index contributed by atoms with van der Waals surface area (Å²) in [6.07, 6.45) is 0. The lowest BCUT2D eigenvalue weighted by atomic mass is 10.0. The lowest BCUT2D eigenvalue weighted by Crippen LogP contribution is -2.07. The monoisotopic (exact) mass is 764 g/mol. The van der Waals surface area contributed by atoms with E-state index in [1.165, 1.54) is 0 Å².